The quantitative estimate of drug-likeness (QED) is 0.587. The minimum absolute atomic E-state index is 0.106. The Hall–Kier alpha value is -2.10. The van der Waals surface area contributed by atoms with Gasteiger partial charge in [-0.2, -0.15) is 4.31 Å². The van der Waals surface area contributed by atoms with Crippen LogP contribution in [0.25, 0.3) is 0 Å². The molecule has 1 saturated heterocycles. The van der Waals surface area contributed by atoms with Gasteiger partial charge >= 0.3 is 0 Å². The number of hydrogen-bond acceptors (Lipinski definition) is 5. The monoisotopic (exact) mass is 454 g/mol. The van der Waals surface area contributed by atoms with Crippen molar-refractivity contribution in [2.75, 3.05) is 26.2 Å². The molecule has 3 rings (SSSR count). The number of aryl methyl sites for hydroxylation is 1. The van der Waals surface area contributed by atoms with E-state index in [4.69, 9.17) is 16.3 Å². The van der Waals surface area contributed by atoms with Gasteiger partial charge in [-0.05, 0) is 44.4 Å². The van der Waals surface area contributed by atoms with Crippen LogP contribution in [-0.4, -0.2) is 54.4 Å². The third-order valence-electron chi connectivity index (χ3n) is 5.05. The van der Waals surface area contributed by atoms with Crippen LogP contribution in [0.5, 0.6) is 5.75 Å². The minimum atomic E-state index is -3.73. The Labute approximate surface area is 182 Å². The van der Waals surface area contributed by atoms with Crippen LogP contribution in [0.1, 0.15) is 26.2 Å². The lowest BCUT2D eigenvalue weighted by Gasteiger charge is -2.31. The number of rotatable bonds is 9. The Morgan fingerprint density at radius 2 is 2.23 bits per heavy atom. The van der Waals surface area contributed by atoms with Gasteiger partial charge in [0, 0.05) is 38.6 Å². The van der Waals surface area contributed by atoms with Crippen molar-refractivity contribution in [3.63, 3.8) is 0 Å². The molecule has 2 heterocycles. The number of carbonyl (C=O) groups excluding carboxylic acids is 1. The molecule has 0 spiro atoms. The first-order chi connectivity index (χ1) is 14.4. The van der Waals surface area contributed by atoms with E-state index in [0.717, 1.165) is 13.0 Å². The SMILES string of the molecule is CCOc1ccc(S(=O)(=O)N2CCC[C@@H](C(=O)NCCCn3ccnc3)C2)cc1Cl. The van der Waals surface area contributed by atoms with Crippen LogP contribution in [0.2, 0.25) is 5.02 Å². The smallest absolute Gasteiger partial charge is 0.243 e. The molecular formula is C20H27ClN4O4S. The maximum atomic E-state index is 13.1. The highest BCUT2D eigenvalue weighted by atomic mass is 35.5. The number of ether oxygens (including phenoxy) is 1. The largest absolute Gasteiger partial charge is 0.492 e. The molecule has 1 fully saturated rings. The molecule has 30 heavy (non-hydrogen) atoms. The van der Waals surface area contributed by atoms with E-state index in [-0.39, 0.29) is 28.3 Å². The second kappa shape index (κ2) is 10.3. The number of aromatic nitrogens is 2. The normalized spacial score (nSPS) is 17.6. The number of benzene rings is 1. The lowest BCUT2D eigenvalue weighted by atomic mass is 9.99. The topological polar surface area (TPSA) is 93.5 Å². The maximum Gasteiger partial charge on any atom is 0.243 e. The molecule has 0 saturated carbocycles. The molecule has 1 atom stereocenters. The molecule has 1 amide bonds. The number of nitrogens with zero attached hydrogens (tertiary/aromatic N) is 3. The van der Waals surface area contributed by atoms with Crippen molar-refractivity contribution in [3.8, 4) is 5.75 Å². The summed E-state index contributed by atoms with van der Waals surface area (Å²) in [6.07, 6.45) is 7.41. The van der Waals surface area contributed by atoms with Crippen molar-refractivity contribution in [2.24, 2.45) is 5.92 Å². The average molecular weight is 455 g/mol. The van der Waals surface area contributed by atoms with Crippen LogP contribution in [-0.2, 0) is 21.4 Å². The lowest BCUT2D eigenvalue weighted by Crippen LogP contribution is -2.45. The predicted octanol–water partition coefficient (Wildman–Crippen LogP) is 2.54. The fourth-order valence-electron chi connectivity index (χ4n) is 3.47. The predicted molar refractivity (Wildman–Crippen MR) is 114 cm³/mol. The molecule has 0 unspecified atom stereocenters. The molecule has 1 aliphatic heterocycles. The van der Waals surface area contributed by atoms with Gasteiger partial charge in [-0.1, -0.05) is 11.6 Å². The zero-order valence-electron chi connectivity index (χ0n) is 17.0. The molecule has 1 aromatic carbocycles. The van der Waals surface area contributed by atoms with Gasteiger partial charge in [0.25, 0.3) is 0 Å². The van der Waals surface area contributed by atoms with Crippen LogP contribution < -0.4 is 10.1 Å². The van der Waals surface area contributed by atoms with Crippen molar-refractivity contribution >= 4 is 27.5 Å². The van der Waals surface area contributed by atoms with E-state index in [0.29, 0.717) is 38.3 Å². The van der Waals surface area contributed by atoms with Gasteiger partial charge in [-0.25, -0.2) is 13.4 Å². The van der Waals surface area contributed by atoms with Crippen LogP contribution in [0.3, 0.4) is 0 Å². The molecule has 2 aromatic rings. The molecule has 8 nitrogen and oxygen atoms in total. The first-order valence-corrected chi connectivity index (χ1v) is 11.9. The first-order valence-electron chi connectivity index (χ1n) is 10.1. The summed E-state index contributed by atoms with van der Waals surface area (Å²) in [7, 11) is -3.73. The van der Waals surface area contributed by atoms with E-state index in [1.165, 1.54) is 16.4 Å². The van der Waals surface area contributed by atoms with Gasteiger partial charge in [-0.3, -0.25) is 4.79 Å². The molecule has 0 radical (unpaired) electrons. The summed E-state index contributed by atoms with van der Waals surface area (Å²) in [4.78, 5) is 16.6. The van der Waals surface area contributed by atoms with Gasteiger partial charge in [0.2, 0.25) is 15.9 Å². The Morgan fingerprint density at radius 3 is 2.93 bits per heavy atom. The highest BCUT2D eigenvalue weighted by molar-refractivity contribution is 7.89. The number of amides is 1. The summed E-state index contributed by atoms with van der Waals surface area (Å²) >= 11 is 6.16. The summed E-state index contributed by atoms with van der Waals surface area (Å²) in [5.74, 6) is -0.0186. The van der Waals surface area contributed by atoms with E-state index < -0.39 is 10.0 Å². The summed E-state index contributed by atoms with van der Waals surface area (Å²) in [5.41, 5.74) is 0. The average Bonchev–Trinajstić information content (AvgIpc) is 3.26. The highest BCUT2D eigenvalue weighted by Gasteiger charge is 2.33. The molecular weight excluding hydrogens is 428 g/mol. The van der Waals surface area contributed by atoms with Gasteiger partial charge in [0.05, 0.1) is 28.8 Å². The van der Waals surface area contributed by atoms with E-state index >= 15 is 0 Å². The number of carbonyl (C=O) groups is 1. The zero-order chi connectivity index (χ0) is 21.6. The van der Waals surface area contributed by atoms with Gasteiger partial charge in [0.15, 0.2) is 0 Å². The minimum Gasteiger partial charge on any atom is -0.492 e. The Kier molecular flexibility index (Phi) is 7.74. The second-order valence-electron chi connectivity index (χ2n) is 7.17. The summed E-state index contributed by atoms with van der Waals surface area (Å²) in [5, 5.41) is 3.18. The number of hydrogen-bond donors (Lipinski definition) is 1. The van der Waals surface area contributed by atoms with E-state index in [2.05, 4.69) is 10.3 Å². The van der Waals surface area contributed by atoms with Gasteiger partial charge in [0.1, 0.15) is 5.75 Å². The molecule has 1 N–H and O–H groups in total. The number of nitrogens with one attached hydrogen (secondary N) is 1. The summed E-state index contributed by atoms with van der Waals surface area (Å²) < 4.78 is 34.8. The summed E-state index contributed by atoms with van der Waals surface area (Å²) in [6, 6.07) is 4.46. The number of piperidine rings is 1. The third-order valence-corrected chi connectivity index (χ3v) is 7.20. The number of imidazole rings is 1. The Bertz CT molecular complexity index is 950. The molecule has 0 aliphatic carbocycles. The van der Waals surface area contributed by atoms with Gasteiger partial charge < -0.3 is 14.6 Å². The maximum absolute atomic E-state index is 13.1. The van der Waals surface area contributed by atoms with E-state index in [1.807, 2.05) is 17.7 Å². The zero-order valence-corrected chi connectivity index (χ0v) is 18.5. The standard InChI is InChI=1S/C20H27ClN4O4S/c1-2-29-19-7-6-17(13-18(19)21)30(27,28)25-11-3-5-16(14-25)20(26)23-8-4-10-24-12-9-22-15-24/h6-7,9,12-13,15-16H,2-5,8,10-11,14H2,1H3,(H,23,26)/t16-/m1/s1. The molecule has 1 aromatic heterocycles. The van der Waals surface area contributed by atoms with Gasteiger partial charge in [-0.15, -0.1) is 0 Å². The van der Waals surface area contributed by atoms with Crippen LogP contribution in [0.15, 0.2) is 41.8 Å². The molecule has 164 valence electrons. The van der Waals surface area contributed by atoms with Crippen molar-refractivity contribution < 1.29 is 17.9 Å². The van der Waals surface area contributed by atoms with Crippen molar-refractivity contribution in [2.45, 2.75) is 37.6 Å². The van der Waals surface area contributed by atoms with Crippen molar-refractivity contribution in [1.29, 1.82) is 0 Å². The molecule has 10 heteroatoms. The molecule has 0 bridgehead atoms. The third kappa shape index (κ3) is 5.53. The van der Waals surface area contributed by atoms with Crippen molar-refractivity contribution in [1.82, 2.24) is 19.2 Å². The van der Waals surface area contributed by atoms with Crippen LogP contribution in [0.4, 0.5) is 0 Å². The lowest BCUT2D eigenvalue weighted by molar-refractivity contribution is -0.126. The van der Waals surface area contributed by atoms with Crippen LogP contribution >= 0.6 is 11.6 Å². The highest BCUT2D eigenvalue weighted by Crippen LogP contribution is 2.30. The molecule has 1 aliphatic rings. The fourth-order valence-corrected chi connectivity index (χ4v) is 5.33. The Balaban J connectivity index is 1.57. The van der Waals surface area contributed by atoms with E-state index in [9.17, 15) is 13.2 Å². The fraction of sp³-hybridized carbons (Fsp3) is 0.500. The Morgan fingerprint density at radius 1 is 1.40 bits per heavy atom. The van der Waals surface area contributed by atoms with Crippen molar-refractivity contribution in [3.05, 3.63) is 41.9 Å². The second-order valence-corrected chi connectivity index (χ2v) is 9.52. The van der Waals surface area contributed by atoms with Crippen LogP contribution in [0, 0.1) is 5.92 Å². The number of sulfonamides is 1. The summed E-state index contributed by atoms with van der Waals surface area (Å²) in [6.45, 7) is 4.13. The first kappa shape index (κ1) is 22.6. The van der Waals surface area contributed by atoms with E-state index in [1.54, 1.807) is 18.6 Å². The number of halogens is 1.